The molecule has 1 saturated carbocycles. The van der Waals surface area contributed by atoms with Crippen molar-refractivity contribution in [2.45, 2.75) is 32.7 Å². The van der Waals surface area contributed by atoms with E-state index in [1.807, 2.05) is 32.0 Å². The zero-order valence-corrected chi connectivity index (χ0v) is 16.0. The fourth-order valence-corrected chi connectivity index (χ4v) is 3.30. The summed E-state index contributed by atoms with van der Waals surface area (Å²) in [5.74, 6) is 1.38. The lowest BCUT2D eigenvalue weighted by molar-refractivity contribution is 0.0931. The number of hydrogen-bond donors (Lipinski definition) is 1. The van der Waals surface area contributed by atoms with Gasteiger partial charge in [-0.1, -0.05) is 30.3 Å². The van der Waals surface area contributed by atoms with Crippen molar-refractivity contribution in [1.82, 2.24) is 25.3 Å². The molecule has 2 aromatic heterocycles. The number of ether oxygens (including phenoxy) is 1. The minimum Gasteiger partial charge on any atom is -0.477 e. The average molecular weight is 377 g/mol. The molecule has 1 unspecified atom stereocenters. The van der Waals surface area contributed by atoms with Crippen molar-refractivity contribution in [1.29, 1.82) is 0 Å². The van der Waals surface area contributed by atoms with Gasteiger partial charge >= 0.3 is 0 Å². The number of amides is 1. The predicted octanol–water partition coefficient (Wildman–Crippen LogP) is 3.25. The Balaban J connectivity index is 1.54. The van der Waals surface area contributed by atoms with Crippen molar-refractivity contribution in [3.8, 4) is 11.7 Å². The van der Waals surface area contributed by atoms with E-state index in [1.54, 1.807) is 23.0 Å². The summed E-state index contributed by atoms with van der Waals surface area (Å²) >= 11 is 0. The van der Waals surface area contributed by atoms with Crippen molar-refractivity contribution in [2.75, 3.05) is 6.61 Å². The summed E-state index contributed by atoms with van der Waals surface area (Å²) in [6, 6.07) is 13.7. The number of benzene rings is 1. The summed E-state index contributed by atoms with van der Waals surface area (Å²) in [5, 5.41) is 15.7. The molecule has 0 radical (unpaired) electrons. The fraction of sp³-hybridized carbons (Fsp3) is 0.333. The van der Waals surface area contributed by atoms with Crippen LogP contribution in [0.1, 0.15) is 47.4 Å². The minimum absolute atomic E-state index is 0.0294. The molecule has 0 spiro atoms. The maximum Gasteiger partial charge on any atom is 0.255 e. The first-order chi connectivity index (χ1) is 13.7. The molecule has 1 aliphatic rings. The molecule has 1 atom stereocenters. The number of carbonyl (C=O) groups is 1. The molecule has 1 fully saturated rings. The number of aromatic nitrogens is 4. The van der Waals surface area contributed by atoms with Crippen molar-refractivity contribution >= 4 is 5.91 Å². The monoisotopic (exact) mass is 377 g/mol. The molecule has 2 heterocycles. The Morgan fingerprint density at radius 3 is 2.64 bits per heavy atom. The Hall–Kier alpha value is -3.22. The zero-order chi connectivity index (χ0) is 19.5. The normalized spacial score (nSPS) is 14.5. The quantitative estimate of drug-likeness (QED) is 0.683. The Labute approximate surface area is 163 Å². The van der Waals surface area contributed by atoms with Crippen molar-refractivity contribution in [2.24, 2.45) is 5.92 Å². The maximum absolute atomic E-state index is 12.9. The van der Waals surface area contributed by atoms with Crippen LogP contribution in [0.25, 0.3) is 5.82 Å². The van der Waals surface area contributed by atoms with Gasteiger partial charge in [-0.15, -0.1) is 10.2 Å². The number of rotatable bonds is 7. The number of hydrogen-bond acceptors (Lipinski definition) is 5. The highest BCUT2D eigenvalue weighted by molar-refractivity contribution is 5.95. The molecule has 28 heavy (non-hydrogen) atoms. The molecular formula is C21H23N5O2. The van der Waals surface area contributed by atoms with Crippen LogP contribution in [-0.4, -0.2) is 32.5 Å². The standard InChI is InChI=1S/C21H23N5O2/c1-3-28-19-12-11-18(24-25-19)26-14(2)17(13-22-26)21(27)23-20(16-9-10-16)15-7-5-4-6-8-15/h4-8,11-13,16,20H,3,9-10H2,1-2H3,(H,23,27). The first kappa shape index (κ1) is 18.2. The van der Waals surface area contributed by atoms with Gasteiger partial charge in [0.25, 0.3) is 5.91 Å². The smallest absolute Gasteiger partial charge is 0.255 e. The third-order valence-corrected chi connectivity index (χ3v) is 4.93. The summed E-state index contributed by atoms with van der Waals surface area (Å²) in [5.41, 5.74) is 2.40. The van der Waals surface area contributed by atoms with Gasteiger partial charge in [0.2, 0.25) is 5.88 Å². The van der Waals surface area contributed by atoms with E-state index in [-0.39, 0.29) is 11.9 Å². The SMILES string of the molecule is CCOc1ccc(-n2ncc(C(=O)NC(c3ccccc3)C3CC3)c2C)nn1. The average Bonchev–Trinajstić information content (AvgIpc) is 3.49. The van der Waals surface area contributed by atoms with Gasteiger partial charge in [0.15, 0.2) is 5.82 Å². The lowest BCUT2D eigenvalue weighted by Gasteiger charge is -2.18. The van der Waals surface area contributed by atoms with Gasteiger partial charge in [-0.3, -0.25) is 4.79 Å². The summed E-state index contributed by atoms with van der Waals surface area (Å²) < 4.78 is 6.93. The van der Waals surface area contributed by atoms with Crippen LogP contribution < -0.4 is 10.1 Å². The summed E-state index contributed by atoms with van der Waals surface area (Å²) in [6.07, 6.45) is 3.86. The first-order valence-electron chi connectivity index (χ1n) is 9.54. The van der Waals surface area contributed by atoms with Crippen LogP contribution in [-0.2, 0) is 0 Å². The molecule has 0 bridgehead atoms. The van der Waals surface area contributed by atoms with Gasteiger partial charge in [0.05, 0.1) is 30.1 Å². The lowest BCUT2D eigenvalue weighted by atomic mass is 10.0. The van der Waals surface area contributed by atoms with Crippen molar-refractivity contribution < 1.29 is 9.53 Å². The number of carbonyl (C=O) groups excluding carboxylic acids is 1. The molecular weight excluding hydrogens is 354 g/mol. The molecule has 1 N–H and O–H groups in total. The van der Waals surface area contributed by atoms with Crippen LogP contribution in [0.5, 0.6) is 5.88 Å². The molecule has 144 valence electrons. The highest BCUT2D eigenvalue weighted by Gasteiger charge is 2.34. The van der Waals surface area contributed by atoms with Crippen LogP contribution in [0.2, 0.25) is 0 Å². The van der Waals surface area contributed by atoms with Gasteiger partial charge in [0.1, 0.15) is 0 Å². The fourth-order valence-electron chi connectivity index (χ4n) is 3.30. The second-order valence-corrected chi connectivity index (χ2v) is 6.92. The van der Waals surface area contributed by atoms with E-state index >= 15 is 0 Å². The van der Waals surface area contributed by atoms with Gasteiger partial charge in [0, 0.05) is 6.07 Å². The number of nitrogens with zero attached hydrogens (tertiary/aromatic N) is 4. The predicted molar refractivity (Wildman–Crippen MR) is 104 cm³/mol. The van der Waals surface area contributed by atoms with E-state index in [1.165, 1.54) is 0 Å². The van der Waals surface area contributed by atoms with E-state index in [0.717, 1.165) is 24.1 Å². The van der Waals surface area contributed by atoms with Crippen LogP contribution >= 0.6 is 0 Å². The van der Waals surface area contributed by atoms with Gasteiger partial charge in [-0.05, 0) is 44.2 Å². The third-order valence-electron chi connectivity index (χ3n) is 4.93. The van der Waals surface area contributed by atoms with E-state index < -0.39 is 0 Å². The largest absolute Gasteiger partial charge is 0.477 e. The second kappa shape index (κ2) is 7.80. The Kier molecular flexibility index (Phi) is 5.06. The molecule has 7 heteroatoms. The number of nitrogens with one attached hydrogen (secondary N) is 1. The van der Waals surface area contributed by atoms with Crippen LogP contribution in [0.4, 0.5) is 0 Å². The molecule has 0 saturated heterocycles. The summed E-state index contributed by atoms with van der Waals surface area (Å²) in [6.45, 7) is 4.28. The van der Waals surface area contributed by atoms with E-state index in [2.05, 4.69) is 32.7 Å². The zero-order valence-electron chi connectivity index (χ0n) is 16.0. The van der Waals surface area contributed by atoms with E-state index in [9.17, 15) is 4.79 Å². The third kappa shape index (κ3) is 3.74. The highest BCUT2D eigenvalue weighted by atomic mass is 16.5. The summed E-state index contributed by atoms with van der Waals surface area (Å²) in [7, 11) is 0. The van der Waals surface area contributed by atoms with Crippen LogP contribution in [0.15, 0.2) is 48.7 Å². The molecule has 7 nitrogen and oxygen atoms in total. The second-order valence-electron chi connectivity index (χ2n) is 6.92. The molecule has 1 aliphatic carbocycles. The Morgan fingerprint density at radius 2 is 2.00 bits per heavy atom. The Bertz CT molecular complexity index is 949. The summed E-state index contributed by atoms with van der Waals surface area (Å²) in [4.78, 5) is 12.9. The highest BCUT2D eigenvalue weighted by Crippen LogP contribution is 2.41. The molecule has 1 amide bonds. The molecule has 1 aromatic carbocycles. The van der Waals surface area contributed by atoms with Crippen molar-refractivity contribution in [3.05, 3.63) is 65.5 Å². The lowest BCUT2D eigenvalue weighted by Crippen LogP contribution is -2.30. The Morgan fingerprint density at radius 1 is 1.21 bits per heavy atom. The van der Waals surface area contributed by atoms with E-state index in [4.69, 9.17) is 4.74 Å². The van der Waals surface area contributed by atoms with Gasteiger partial charge < -0.3 is 10.1 Å². The van der Waals surface area contributed by atoms with Gasteiger partial charge in [-0.25, -0.2) is 4.68 Å². The van der Waals surface area contributed by atoms with E-state index in [0.29, 0.717) is 29.8 Å². The maximum atomic E-state index is 12.9. The van der Waals surface area contributed by atoms with Crippen molar-refractivity contribution in [3.63, 3.8) is 0 Å². The van der Waals surface area contributed by atoms with Gasteiger partial charge in [-0.2, -0.15) is 5.10 Å². The first-order valence-corrected chi connectivity index (χ1v) is 9.54. The van der Waals surface area contributed by atoms with Crippen LogP contribution in [0.3, 0.4) is 0 Å². The minimum atomic E-state index is -0.122. The van der Waals surface area contributed by atoms with Crippen LogP contribution in [0, 0.1) is 12.8 Å². The molecule has 0 aliphatic heterocycles. The topological polar surface area (TPSA) is 81.9 Å². The molecule has 4 rings (SSSR count). The molecule has 3 aromatic rings.